The topological polar surface area (TPSA) is 58.6 Å². The van der Waals surface area contributed by atoms with E-state index < -0.39 is 17.8 Å². The maximum atomic E-state index is 13.4. The Morgan fingerprint density at radius 2 is 2.31 bits per heavy atom. The van der Waals surface area contributed by atoms with E-state index in [4.69, 9.17) is 9.84 Å². The summed E-state index contributed by atoms with van der Waals surface area (Å²) in [6, 6.07) is 3.98. The predicted octanol–water partition coefficient (Wildman–Crippen LogP) is 0.945. The summed E-state index contributed by atoms with van der Waals surface area (Å²) in [5, 5.41) is 11.4. The van der Waals surface area contributed by atoms with Crippen molar-refractivity contribution >= 4 is 5.91 Å². The third-order valence-electron chi connectivity index (χ3n) is 1.98. The summed E-state index contributed by atoms with van der Waals surface area (Å²) in [7, 11) is 1.42. The van der Waals surface area contributed by atoms with Crippen molar-refractivity contribution in [2.45, 2.75) is 13.0 Å². The zero-order valence-corrected chi connectivity index (χ0v) is 9.16. The van der Waals surface area contributed by atoms with Crippen molar-refractivity contribution in [1.82, 2.24) is 5.32 Å². The van der Waals surface area contributed by atoms with Crippen LogP contribution in [0.2, 0.25) is 0 Å². The maximum Gasteiger partial charge on any atom is 0.254 e. The molecule has 0 saturated heterocycles. The van der Waals surface area contributed by atoms with Gasteiger partial charge in [-0.15, -0.1) is 0 Å². The number of nitrogens with one attached hydrogen (secondary N) is 1. The van der Waals surface area contributed by atoms with Gasteiger partial charge < -0.3 is 15.2 Å². The summed E-state index contributed by atoms with van der Waals surface area (Å²) in [5.74, 6) is -0.854. The van der Waals surface area contributed by atoms with Crippen molar-refractivity contribution in [3.05, 3.63) is 29.6 Å². The molecule has 0 fully saturated rings. The molecule has 2 N–H and O–H groups in total. The Kier molecular flexibility index (Phi) is 4.25. The molecule has 0 saturated carbocycles. The molecule has 0 unspecified atom stereocenters. The van der Waals surface area contributed by atoms with Gasteiger partial charge in [0.05, 0.1) is 18.8 Å². The van der Waals surface area contributed by atoms with Crippen LogP contribution in [0, 0.1) is 5.82 Å². The number of aliphatic hydroxyl groups is 1. The van der Waals surface area contributed by atoms with E-state index in [0.717, 1.165) is 6.07 Å². The van der Waals surface area contributed by atoms with Gasteiger partial charge in [-0.2, -0.15) is 0 Å². The number of amides is 1. The minimum Gasteiger partial charge on any atom is -0.497 e. The molecule has 0 aliphatic carbocycles. The molecule has 1 aromatic carbocycles. The first-order valence-corrected chi connectivity index (χ1v) is 4.84. The van der Waals surface area contributed by atoms with Crippen molar-refractivity contribution in [1.29, 1.82) is 0 Å². The van der Waals surface area contributed by atoms with Crippen LogP contribution in [0.5, 0.6) is 5.75 Å². The van der Waals surface area contributed by atoms with E-state index >= 15 is 0 Å². The lowest BCUT2D eigenvalue weighted by molar-refractivity contribution is 0.0920. The molecule has 1 atom stereocenters. The lowest BCUT2D eigenvalue weighted by Gasteiger charge is -2.08. The molecule has 0 aliphatic heterocycles. The van der Waals surface area contributed by atoms with Gasteiger partial charge in [-0.1, -0.05) is 0 Å². The highest BCUT2D eigenvalue weighted by Crippen LogP contribution is 2.15. The molecule has 0 radical (unpaired) electrons. The van der Waals surface area contributed by atoms with Gasteiger partial charge in [-0.3, -0.25) is 4.79 Å². The van der Waals surface area contributed by atoms with Crippen LogP contribution in [-0.4, -0.2) is 30.8 Å². The fourth-order valence-corrected chi connectivity index (χ4v) is 1.14. The average Bonchev–Trinajstić information content (AvgIpc) is 2.25. The standard InChI is InChI=1S/C11H14FNO3/c1-7(14)6-13-11(15)9-4-3-8(16-2)5-10(9)12/h3-5,7,14H,6H2,1-2H3,(H,13,15)/t7-/m1/s1. The summed E-state index contributed by atoms with van der Waals surface area (Å²) in [4.78, 5) is 11.5. The fraction of sp³-hybridized carbons (Fsp3) is 0.364. The van der Waals surface area contributed by atoms with Crippen LogP contribution in [0.25, 0.3) is 0 Å². The zero-order chi connectivity index (χ0) is 12.1. The fourth-order valence-electron chi connectivity index (χ4n) is 1.14. The number of hydrogen-bond acceptors (Lipinski definition) is 3. The van der Waals surface area contributed by atoms with Crippen molar-refractivity contribution < 1.29 is 19.0 Å². The zero-order valence-electron chi connectivity index (χ0n) is 9.16. The Bertz CT molecular complexity index is 379. The van der Waals surface area contributed by atoms with Crippen LogP contribution in [0.1, 0.15) is 17.3 Å². The normalized spacial score (nSPS) is 12.0. The van der Waals surface area contributed by atoms with Gasteiger partial charge in [0, 0.05) is 12.6 Å². The van der Waals surface area contributed by atoms with Gasteiger partial charge >= 0.3 is 0 Å². The first-order chi connectivity index (χ1) is 7.54. The monoisotopic (exact) mass is 227 g/mol. The van der Waals surface area contributed by atoms with Gasteiger partial charge in [0.25, 0.3) is 5.91 Å². The predicted molar refractivity (Wildman–Crippen MR) is 57.0 cm³/mol. The van der Waals surface area contributed by atoms with Crippen molar-refractivity contribution in [3.63, 3.8) is 0 Å². The molecular weight excluding hydrogens is 213 g/mol. The summed E-state index contributed by atoms with van der Waals surface area (Å²) < 4.78 is 18.2. The Hall–Kier alpha value is -1.62. The van der Waals surface area contributed by atoms with Gasteiger partial charge in [0.1, 0.15) is 11.6 Å². The summed E-state index contributed by atoms with van der Waals surface area (Å²) in [5.41, 5.74) is -0.0681. The summed E-state index contributed by atoms with van der Waals surface area (Å²) in [6.07, 6.45) is -0.662. The second-order valence-electron chi connectivity index (χ2n) is 3.40. The smallest absolute Gasteiger partial charge is 0.254 e. The summed E-state index contributed by atoms with van der Waals surface area (Å²) >= 11 is 0. The van der Waals surface area contributed by atoms with Gasteiger partial charge in [-0.05, 0) is 19.1 Å². The highest BCUT2D eigenvalue weighted by molar-refractivity contribution is 5.94. The second-order valence-corrected chi connectivity index (χ2v) is 3.40. The van der Waals surface area contributed by atoms with Crippen LogP contribution in [0.4, 0.5) is 4.39 Å². The number of hydrogen-bond donors (Lipinski definition) is 2. The maximum absolute atomic E-state index is 13.4. The number of rotatable bonds is 4. The van der Waals surface area contributed by atoms with E-state index in [-0.39, 0.29) is 12.1 Å². The van der Waals surface area contributed by atoms with Gasteiger partial charge in [0.2, 0.25) is 0 Å². The van der Waals surface area contributed by atoms with Crippen molar-refractivity contribution in [3.8, 4) is 5.75 Å². The highest BCUT2D eigenvalue weighted by Gasteiger charge is 2.12. The van der Waals surface area contributed by atoms with Crippen LogP contribution in [-0.2, 0) is 0 Å². The molecule has 0 bridgehead atoms. The first kappa shape index (κ1) is 12.4. The molecular formula is C11H14FNO3. The minimum atomic E-state index is -0.662. The number of carbonyl (C=O) groups is 1. The van der Waals surface area contributed by atoms with Crippen LogP contribution in [0.15, 0.2) is 18.2 Å². The molecule has 0 aliphatic rings. The Morgan fingerprint density at radius 1 is 1.62 bits per heavy atom. The van der Waals surface area contributed by atoms with Crippen LogP contribution < -0.4 is 10.1 Å². The van der Waals surface area contributed by atoms with E-state index in [1.165, 1.54) is 26.2 Å². The van der Waals surface area contributed by atoms with Crippen LogP contribution in [0.3, 0.4) is 0 Å². The van der Waals surface area contributed by atoms with E-state index in [2.05, 4.69) is 5.32 Å². The largest absolute Gasteiger partial charge is 0.497 e. The molecule has 4 nitrogen and oxygen atoms in total. The van der Waals surface area contributed by atoms with E-state index in [1.807, 2.05) is 0 Å². The molecule has 0 spiro atoms. The lowest BCUT2D eigenvalue weighted by Crippen LogP contribution is -2.31. The van der Waals surface area contributed by atoms with Gasteiger partial charge in [-0.25, -0.2) is 4.39 Å². The number of methoxy groups -OCH3 is 1. The third-order valence-corrected chi connectivity index (χ3v) is 1.98. The molecule has 1 rings (SSSR count). The molecule has 0 aromatic heterocycles. The van der Waals surface area contributed by atoms with Gasteiger partial charge in [0.15, 0.2) is 0 Å². The molecule has 5 heteroatoms. The Labute approximate surface area is 93.0 Å². The molecule has 16 heavy (non-hydrogen) atoms. The SMILES string of the molecule is COc1ccc(C(=O)NC[C@@H](C)O)c(F)c1. The van der Waals surface area contributed by atoms with Crippen molar-refractivity contribution in [2.24, 2.45) is 0 Å². The van der Waals surface area contributed by atoms with Crippen LogP contribution >= 0.6 is 0 Å². The number of carbonyl (C=O) groups excluding carboxylic acids is 1. The molecule has 88 valence electrons. The van der Waals surface area contributed by atoms with Crippen molar-refractivity contribution in [2.75, 3.05) is 13.7 Å². The second kappa shape index (κ2) is 5.46. The first-order valence-electron chi connectivity index (χ1n) is 4.84. The number of ether oxygens (including phenoxy) is 1. The average molecular weight is 227 g/mol. The summed E-state index contributed by atoms with van der Waals surface area (Å²) in [6.45, 7) is 1.62. The number of benzene rings is 1. The molecule has 1 amide bonds. The minimum absolute atomic E-state index is 0.0681. The Morgan fingerprint density at radius 3 is 2.81 bits per heavy atom. The quantitative estimate of drug-likeness (QED) is 0.805. The van der Waals surface area contributed by atoms with E-state index in [1.54, 1.807) is 0 Å². The van der Waals surface area contributed by atoms with E-state index in [9.17, 15) is 9.18 Å². The third kappa shape index (κ3) is 3.20. The number of aliphatic hydroxyl groups excluding tert-OH is 1. The molecule has 1 aromatic rings. The van der Waals surface area contributed by atoms with E-state index in [0.29, 0.717) is 5.75 Å². The Balaban J connectivity index is 2.76. The number of halogens is 1. The lowest BCUT2D eigenvalue weighted by atomic mass is 10.2. The molecule has 0 heterocycles. The highest BCUT2D eigenvalue weighted by atomic mass is 19.1.